The monoisotopic (exact) mass is 400 g/mol. The highest BCUT2D eigenvalue weighted by Crippen LogP contribution is 2.40. The molecule has 1 aromatic rings. The van der Waals surface area contributed by atoms with Crippen LogP contribution in [-0.2, 0) is 18.3 Å². The van der Waals surface area contributed by atoms with Gasteiger partial charge in [-0.2, -0.15) is 5.10 Å². The molecule has 0 bridgehead atoms. The summed E-state index contributed by atoms with van der Waals surface area (Å²) in [5.41, 5.74) is 3.88. The number of aromatic nitrogens is 2. The first-order chi connectivity index (χ1) is 14.0. The Kier molecular flexibility index (Phi) is 6.33. The molecule has 1 saturated carbocycles. The number of piperidine rings is 1. The summed E-state index contributed by atoms with van der Waals surface area (Å²) in [6.07, 6.45) is 12.4. The average Bonchev–Trinajstić information content (AvgIpc) is 3.22. The molecular formula is C24H40N4O. The zero-order valence-electron chi connectivity index (χ0n) is 18.9. The summed E-state index contributed by atoms with van der Waals surface area (Å²) in [7, 11) is 1.99. The molecule has 0 aromatic carbocycles. The van der Waals surface area contributed by atoms with E-state index in [0.717, 1.165) is 31.1 Å². The summed E-state index contributed by atoms with van der Waals surface area (Å²) in [4.78, 5) is 17.9. The van der Waals surface area contributed by atoms with E-state index in [0.29, 0.717) is 17.7 Å². The van der Waals surface area contributed by atoms with Gasteiger partial charge < -0.3 is 9.80 Å². The fourth-order valence-corrected chi connectivity index (χ4v) is 6.25. The first-order valence-electron chi connectivity index (χ1n) is 11.9. The van der Waals surface area contributed by atoms with E-state index in [2.05, 4.69) is 28.7 Å². The van der Waals surface area contributed by atoms with Crippen molar-refractivity contribution in [1.29, 1.82) is 0 Å². The maximum absolute atomic E-state index is 13.0. The van der Waals surface area contributed by atoms with Gasteiger partial charge in [0.2, 0.25) is 5.91 Å². The first kappa shape index (κ1) is 20.9. The molecule has 5 nitrogen and oxygen atoms in total. The summed E-state index contributed by atoms with van der Waals surface area (Å²) >= 11 is 0. The van der Waals surface area contributed by atoms with E-state index < -0.39 is 0 Å². The van der Waals surface area contributed by atoms with Crippen LogP contribution < -0.4 is 0 Å². The Hall–Kier alpha value is -1.36. The van der Waals surface area contributed by atoms with E-state index in [1.165, 1.54) is 82.3 Å². The summed E-state index contributed by atoms with van der Waals surface area (Å²) in [6.45, 7) is 9.89. The maximum atomic E-state index is 13.0. The second-order valence-corrected chi connectivity index (χ2v) is 10.2. The van der Waals surface area contributed by atoms with Gasteiger partial charge in [-0.15, -0.1) is 0 Å². The minimum atomic E-state index is 0.342. The van der Waals surface area contributed by atoms with Crippen LogP contribution in [0.15, 0.2) is 0 Å². The third kappa shape index (κ3) is 4.70. The van der Waals surface area contributed by atoms with E-state index in [-0.39, 0.29) is 0 Å². The summed E-state index contributed by atoms with van der Waals surface area (Å²) in [6, 6.07) is 0. The molecule has 3 heterocycles. The molecule has 1 atom stereocenters. The summed E-state index contributed by atoms with van der Waals surface area (Å²) < 4.78 is 1.93. The molecule has 0 radical (unpaired) electrons. The molecule has 1 aromatic heterocycles. The highest BCUT2D eigenvalue weighted by atomic mass is 16.2. The second kappa shape index (κ2) is 8.79. The number of aryl methyl sites for hydroxylation is 2. The number of hydrogen-bond donors (Lipinski definition) is 0. The molecule has 3 fully saturated rings. The third-order valence-corrected chi connectivity index (χ3v) is 8.02. The Morgan fingerprint density at radius 1 is 1.07 bits per heavy atom. The predicted octanol–water partition coefficient (Wildman–Crippen LogP) is 3.86. The molecule has 29 heavy (non-hydrogen) atoms. The van der Waals surface area contributed by atoms with Crippen molar-refractivity contribution in [1.82, 2.24) is 19.6 Å². The van der Waals surface area contributed by atoms with Crippen LogP contribution in [0.3, 0.4) is 0 Å². The van der Waals surface area contributed by atoms with Gasteiger partial charge in [0.05, 0.1) is 5.69 Å². The van der Waals surface area contributed by atoms with Gasteiger partial charge in [-0.3, -0.25) is 9.48 Å². The van der Waals surface area contributed by atoms with Crippen LogP contribution in [0, 0.1) is 25.2 Å². The van der Waals surface area contributed by atoms with Crippen molar-refractivity contribution in [3.8, 4) is 0 Å². The largest absolute Gasteiger partial charge is 0.342 e. The Morgan fingerprint density at radius 2 is 1.86 bits per heavy atom. The van der Waals surface area contributed by atoms with Gasteiger partial charge in [0.25, 0.3) is 0 Å². The van der Waals surface area contributed by atoms with Crippen molar-refractivity contribution in [2.24, 2.45) is 18.4 Å². The summed E-state index contributed by atoms with van der Waals surface area (Å²) in [5.74, 6) is 1.26. The van der Waals surface area contributed by atoms with Crippen LogP contribution >= 0.6 is 0 Å². The van der Waals surface area contributed by atoms with Gasteiger partial charge >= 0.3 is 0 Å². The molecule has 2 saturated heterocycles. The van der Waals surface area contributed by atoms with Crippen LogP contribution in [0.1, 0.15) is 74.7 Å². The van der Waals surface area contributed by atoms with Gasteiger partial charge in [-0.05, 0) is 70.4 Å². The van der Waals surface area contributed by atoms with E-state index in [9.17, 15) is 4.79 Å². The minimum absolute atomic E-state index is 0.342. The fourth-order valence-electron chi connectivity index (χ4n) is 6.25. The van der Waals surface area contributed by atoms with Crippen molar-refractivity contribution in [3.63, 3.8) is 0 Å². The zero-order chi connectivity index (χ0) is 20.4. The van der Waals surface area contributed by atoms with Gasteiger partial charge in [0.1, 0.15) is 0 Å². The number of carbonyl (C=O) groups is 1. The number of amides is 1. The normalized spacial score (nSPS) is 26.5. The number of nitrogens with zero attached hydrogens (tertiary/aromatic N) is 4. The van der Waals surface area contributed by atoms with Crippen LogP contribution in [-0.4, -0.2) is 58.2 Å². The number of hydrogen-bond acceptors (Lipinski definition) is 3. The maximum Gasteiger partial charge on any atom is 0.222 e. The quantitative estimate of drug-likeness (QED) is 0.753. The van der Waals surface area contributed by atoms with Crippen molar-refractivity contribution in [2.45, 2.75) is 78.1 Å². The molecule has 1 unspecified atom stereocenters. The molecule has 162 valence electrons. The van der Waals surface area contributed by atoms with Crippen LogP contribution in [0.2, 0.25) is 0 Å². The minimum Gasteiger partial charge on any atom is -0.342 e. The van der Waals surface area contributed by atoms with Gasteiger partial charge in [0, 0.05) is 50.8 Å². The lowest BCUT2D eigenvalue weighted by molar-refractivity contribution is -0.130. The Bertz CT molecular complexity index is 721. The van der Waals surface area contributed by atoms with Crippen LogP contribution in [0.5, 0.6) is 0 Å². The first-order valence-corrected chi connectivity index (χ1v) is 11.9. The number of likely N-dealkylation sites (tertiary alicyclic amines) is 2. The second-order valence-electron chi connectivity index (χ2n) is 10.2. The SMILES string of the molecule is Cc1nn(C)c(C)c1CCC(=O)N1CCC2(CCCN(CC3CCCCC3)C2)C1. The van der Waals surface area contributed by atoms with Crippen LogP contribution in [0.25, 0.3) is 0 Å². The molecule has 1 spiro atoms. The Labute approximate surface area is 176 Å². The summed E-state index contributed by atoms with van der Waals surface area (Å²) in [5, 5.41) is 4.50. The molecular weight excluding hydrogens is 360 g/mol. The smallest absolute Gasteiger partial charge is 0.222 e. The van der Waals surface area contributed by atoms with E-state index in [1.54, 1.807) is 0 Å². The molecule has 1 amide bonds. The Morgan fingerprint density at radius 3 is 2.59 bits per heavy atom. The number of rotatable bonds is 5. The topological polar surface area (TPSA) is 41.4 Å². The fraction of sp³-hybridized carbons (Fsp3) is 0.833. The van der Waals surface area contributed by atoms with Gasteiger partial charge in [0.15, 0.2) is 0 Å². The molecule has 1 aliphatic carbocycles. The molecule has 5 heteroatoms. The van der Waals surface area contributed by atoms with Crippen molar-refractivity contribution < 1.29 is 4.79 Å². The molecule has 3 aliphatic rings. The lowest BCUT2D eigenvalue weighted by atomic mass is 9.78. The lowest BCUT2D eigenvalue weighted by Gasteiger charge is -2.42. The third-order valence-electron chi connectivity index (χ3n) is 8.02. The molecule has 2 aliphatic heterocycles. The highest BCUT2D eigenvalue weighted by Gasteiger charge is 2.42. The predicted molar refractivity (Wildman–Crippen MR) is 117 cm³/mol. The standard InChI is InChI=1S/C24H40N4O/c1-19-22(20(2)26(3)25-19)10-11-23(29)28-15-13-24(18-28)12-7-14-27(17-24)16-21-8-5-4-6-9-21/h21H,4-18H2,1-3H3. The van der Waals surface area contributed by atoms with Gasteiger partial charge in [-0.25, -0.2) is 0 Å². The van der Waals surface area contributed by atoms with E-state index in [4.69, 9.17) is 0 Å². The van der Waals surface area contributed by atoms with Crippen molar-refractivity contribution in [2.75, 3.05) is 32.7 Å². The van der Waals surface area contributed by atoms with Gasteiger partial charge in [-0.1, -0.05) is 19.3 Å². The average molecular weight is 401 g/mol. The lowest BCUT2D eigenvalue weighted by Crippen LogP contribution is -2.47. The van der Waals surface area contributed by atoms with Crippen molar-refractivity contribution in [3.05, 3.63) is 17.0 Å². The van der Waals surface area contributed by atoms with Crippen LogP contribution in [0.4, 0.5) is 0 Å². The van der Waals surface area contributed by atoms with E-state index >= 15 is 0 Å². The Balaban J connectivity index is 1.29. The molecule has 0 N–H and O–H groups in total. The van der Waals surface area contributed by atoms with Crippen molar-refractivity contribution >= 4 is 5.91 Å². The molecule has 4 rings (SSSR count). The zero-order valence-corrected chi connectivity index (χ0v) is 18.9. The number of carbonyl (C=O) groups excluding carboxylic acids is 1. The highest BCUT2D eigenvalue weighted by molar-refractivity contribution is 5.77. The van der Waals surface area contributed by atoms with E-state index in [1.807, 2.05) is 11.7 Å².